The molecule has 0 heterocycles. The monoisotopic (exact) mass is 580 g/mol. The van der Waals surface area contributed by atoms with Crippen LogP contribution in [0, 0.1) is 23.7 Å². The van der Waals surface area contributed by atoms with E-state index in [2.05, 4.69) is 56.0 Å². The molecule has 0 saturated carbocycles. The van der Waals surface area contributed by atoms with Crippen molar-refractivity contribution in [2.45, 2.75) is 0 Å². The van der Waals surface area contributed by atoms with Crippen LogP contribution in [0.1, 0.15) is 20.7 Å². The number of nitrogens with one attached hydrogen (secondary N) is 6. The number of carbonyl (C=O) groups is 4. The van der Waals surface area contributed by atoms with Crippen molar-refractivity contribution < 1.29 is 38.1 Å². The van der Waals surface area contributed by atoms with Gasteiger partial charge >= 0.3 is 12.2 Å². The molecule has 0 radical (unpaired) electrons. The third kappa shape index (κ3) is 13.8. The number of hydrazine groups is 2. The molecule has 2 rings (SSSR count). The molecular formula is C28H32N6O8. The average molecular weight is 581 g/mol. The van der Waals surface area contributed by atoms with Gasteiger partial charge in [0.05, 0.1) is 13.2 Å². The van der Waals surface area contributed by atoms with Crippen molar-refractivity contribution in [3.8, 4) is 35.2 Å². The van der Waals surface area contributed by atoms with E-state index < -0.39 is 12.2 Å². The van der Waals surface area contributed by atoms with Crippen LogP contribution in [0.4, 0.5) is 9.59 Å². The quantitative estimate of drug-likeness (QED) is 0.104. The fourth-order valence-corrected chi connectivity index (χ4v) is 2.92. The lowest BCUT2D eigenvalue weighted by atomic mass is 10.2. The minimum Gasteiger partial charge on any atom is -0.410 e. The molecule has 14 heteroatoms. The Hall–Kier alpha value is -5.12. The minimum absolute atomic E-state index is 0.115. The maximum Gasteiger partial charge on any atom is 0.412 e. The Bertz CT molecular complexity index is 1230. The second-order valence-corrected chi connectivity index (χ2v) is 7.81. The zero-order valence-corrected chi connectivity index (χ0v) is 23.1. The van der Waals surface area contributed by atoms with Crippen molar-refractivity contribution in [1.29, 1.82) is 0 Å². The van der Waals surface area contributed by atoms with Gasteiger partial charge in [-0.2, -0.15) is 0 Å². The number of carbonyl (C=O) groups excluding carboxylic acids is 4. The van der Waals surface area contributed by atoms with Crippen molar-refractivity contribution in [2.24, 2.45) is 0 Å². The number of rotatable bonds is 14. The van der Waals surface area contributed by atoms with Crippen LogP contribution in [0.2, 0.25) is 0 Å². The first kappa shape index (κ1) is 33.1. The van der Waals surface area contributed by atoms with Gasteiger partial charge in [0.2, 0.25) is 0 Å². The SMILES string of the molecule is CNNC(=O)c1cccc(OC(=O)NCCOCC#CC#CCOCCNC(=O)Oc2cccc(C(=O)NNC)c2)c1. The number of ether oxygens (including phenoxy) is 4. The van der Waals surface area contributed by atoms with Crippen LogP contribution in [-0.2, 0) is 9.47 Å². The fourth-order valence-electron chi connectivity index (χ4n) is 2.92. The highest BCUT2D eigenvalue weighted by molar-refractivity contribution is 5.94. The number of amides is 4. The molecule has 2 aromatic rings. The summed E-state index contributed by atoms with van der Waals surface area (Å²) in [5.41, 5.74) is 10.6. The van der Waals surface area contributed by atoms with Gasteiger partial charge in [-0.25, -0.2) is 20.4 Å². The van der Waals surface area contributed by atoms with Crippen LogP contribution < -0.4 is 41.8 Å². The van der Waals surface area contributed by atoms with E-state index in [0.717, 1.165) is 0 Å². The fraction of sp³-hybridized carbons (Fsp3) is 0.286. The van der Waals surface area contributed by atoms with Crippen LogP contribution in [-0.4, -0.2) is 77.6 Å². The van der Waals surface area contributed by atoms with Gasteiger partial charge in [-0.15, -0.1) is 0 Å². The topological polar surface area (TPSA) is 177 Å². The summed E-state index contributed by atoms with van der Waals surface area (Å²) < 4.78 is 20.9. The van der Waals surface area contributed by atoms with Crippen LogP contribution in [0.15, 0.2) is 48.5 Å². The van der Waals surface area contributed by atoms with E-state index in [0.29, 0.717) is 11.1 Å². The van der Waals surface area contributed by atoms with Crippen molar-refractivity contribution in [3.05, 3.63) is 59.7 Å². The van der Waals surface area contributed by atoms with Crippen LogP contribution in [0.3, 0.4) is 0 Å². The van der Waals surface area contributed by atoms with Gasteiger partial charge in [0, 0.05) is 38.3 Å². The summed E-state index contributed by atoms with van der Waals surface area (Å²) in [5.74, 6) is 10.4. The standard InChI is InChI=1S/C28H32N6O8/c1-29-33-25(35)21-9-7-11-23(19-21)41-27(37)31-13-17-39-15-5-3-4-6-16-40-18-14-32-28(38)42-24-12-8-10-22(20-24)26(36)34-30-2/h7-12,19-20,29-30H,13-18H2,1-2H3,(H,31,37)(H,32,38)(H,33,35)(H,34,36). The highest BCUT2D eigenvalue weighted by atomic mass is 16.6. The molecular weight excluding hydrogens is 548 g/mol. The van der Waals surface area contributed by atoms with Crippen LogP contribution in [0.5, 0.6) is 11.5 Å². The Morgan fingerprint density at radius 3 is 1.50 bits per heavy atom. The summed E-state index contributed by atoms with van der Waals surface area (Å²) >= 11 is 0. The Kier molecular flexibility index (Phi) is 15.6. The Morgan fingerprint density at radius 2 is 1.10 bits per heavy atom. The molecule has 14 nitrogen and oxygen atoms in total. The van der Waals surface area contributed by atoms with Gasteiger partial charge in [0.1, 0.15) is 24.7 Å². The van der Waals surface area contributed by atoms with Gasteiger partial charge in [-0.1, -0.05) is 24.0 Å². The molecule has 0 saturated heterocycles. The Morgan fingerprint density at radius 1 is 0.667 bits per heavy atom. The second kappa shape index (κ2) is 19.9. The number of hydrogen-bond donors (Lipinski definition) is 6. The predicted octanol–water partition coefficient (Wildman–Crippen LogP) is 0.332. The Balaban J connectivity index is 1.50. The van der Waals surface area contributed by atoms with E-state index in [-0.39, 0.29) is 62.8 Å². The van der Waals surface area contributed by atoms with Crippen molar-refractivity contribution >= 4 is 24.0 Å². The molecule has 0 bridgehead atoms. The first-order valence-corrected chi connectivity index (χ1v) is 12.6. The maximum absolute atomic E-state index is 11.9. The summed E-state index contributed by atoms with van der Waals surface area (Å²) in [7, 11) is 3.13. The molecule has 6 N–H and O–H groups in total. The summed E-state index contributed by atoms with van der Waals surface area (Å²) in [6, 6.07) is 12.4. The zero-order valence-electron chi connectivity index (χ0n) is 23.1. The molecule has 0 atom stereocenters. The number of benzene rings is 2. The summed E-state index contributed by atoms with van der Waals surface area (Å²) in [6.45, 7) is 1.03. The molecule has 4 amide bonds. The van der Waals surface area contributed by atoms with Gasteiger partial charge in [-0.3, -0.25) is 20.4 Å². The summed E-state index contributed by atoms with van der Waals surface area (Å²) in [5, 5.41) is 5.05. The van der Waals surface area contributed by atoms with Crippen LogP contribution in [0.25, 0.3) is 0 Å². The lowest BCUT2D eigenvalue weighted by Gasteiger charge is -2.08. The van der Waals surface area contributed by atoms with Crippen molar-refractivity contribution in [3.63, 3.8) is 0 Å². The second-order valence-electron chi connectivity index (χ2n) is 7.81. The lowest BCUT2D eigenvalue weighted by Crippen LogP contribution is -2.34. The highest BCUT2D eigenvalue weighted by Crippen LogP contribution is 2.14. The first-order chi connectivity index (χ1) is 20.4. The molecule has 0 fully saturated rings. The van der Waals surface area contributed by atoms with E-state index in [4.69, 9.17) is 18.9 Å². The van der Waals surface area contributed by atoms with E-state index >= 15 is 0 Å². The smallest absolute Gasteiger partial charge is 0.410 e. The summed E-state index contributed by atoms with van der Waals surface area (Å²) in [4.78, 5) is 47.3. The zero-order chi connectivity index (χ0) is 30.4. The Labute approximate surface area is 243 Å². The van der Waals surface area contributed by atoms with Gasteiger partial charge < -0.3 is 29.6 Å². The van der Waals surface area contributed by atoms with Crippen molar-refractivity contribution in [2.75, 3.05) is 53.6 Å². The van der Waals surface area contributed by atoms with Gasteiger partial charge in [0.25, 0.3) is 11.8 Å². The van der Waals surface area contributed by atoms with E-state index in [1.54, 1.807) is 50.5 Å². The predicted molar refractivity (Wildman–Crippen MR) is 151 cm³/mol. The lowest BCUT2D eigenvalue weighted by molar-refractivity contribution is 0.0929. The molecule has 222 valence electrons. The number of hydrogen-bond acceptors (Lipinski definition) is 10. The van der Waals surface area contributed by atoms with E-state index in [1.807, 2.05) is 0 Å². The molecule has 0 aliphatic heterocycles. The van der Waals surface area contributed by atoms with Crippen LogP contribution >= 0.6 is 0 Å². The molecule has 0 aliphatic rings. The molecule has 0 unspecified atom stereocenters. The van der Waals surface area contributed by atoms with Gasteiger partial charge in [0.15, 0.2) is 0 Å². The third-order valence-electron chi connectivity index (χ3n) is 4.71. The third-order valence-corrected chi connectivity index (χ3v) is 4.71. The first-order valence-electron chi connectivity index (χ1n) is 12.6. The normalized spacial score (nSPS) is 9.67. The minimum atomic E-state index is -0.685. The van der Waals surface area contributed by atoms with Crippen molar-refractivity contribution in [1.82, 2.24) is 32.3 Å². The average Bonchev–Trinajstić information content (AvgIpc) is 2.98. The molecule has 0 aliphatic carbocycles. The maximum atomic E-state index is 11.9. The molecule has 0 spiro atoms. The molecule has 2 aromatic carbocycles. The van der Waals surface area contributed by atoms with E-state index in [1.165, 1.54) is 12.1 Å². The molecule has 42 heavy (non-hydrogen) atoms. The van der Waals surface area contributed by atoms with Gasteiger partial charge in [-0.05, 0) is 48.2 Å². The summed E-state index contributed by atoms with van der Waals surface area (Å²) in [6.07, 6.45) is -1.37. The largest absolute Gasteiger partial charge is 0.412 e. The highest BCUT2D eigenvalue weighted by Gasteiger charge is 2.09. The molecule has 0 aromatic heterocycles. The van der Waals surface area contributed by atoms with E-state index in [9.17, 15) is 19.2 Å².